The Morgan fingerprint density at radius 1 is 1.00 bits per heavy atom. The summed E-state index contributed by atoms with van der Waals surface area (Å²) < 4.78 is 5.00. The van der Waals surface area contributed by atoms with E-state index in [1.807, 2.05) is 19.9 Å². The molecule has 0 spiro atoms. The molecule has 0 fully saturated rings. The first kappa shape index (κ1) is 15.8. The Hall–Kier alpha value is -2.62. The van der Waals surface area contributed by atoms with Gasteiger partial charge in [-0.2, -0.15) is 0 Å². The van der Waals surface area contributed by atoms with Crippen molar-refractivity contribution in [1.29, 1.82) is 0 Å². The molecule has 2 aromatic rings. The molecule has 114 valence electrons. The van der Waals surface area contributed by atoms with Crippen LogP contribution in [0.4, 0.5) is 0 Å². The fourth-order valence-corrected chi connectivity index (χ4v) is 2.02. The summed E-state index contributed by atoms with van der Waals surface area (Å²) in [4.78, 5) is 24.0. The van der Waals surface area contributed by atoms with Gasteiger partial charge in [-0.1, -0.05) is 23.8 Å². The van der Waals surface area contributed by atoms with Gasteiger partial charge in [0.05, 0.1) is 0 Å². The van der Waals surface area contributed by atoms with Crippen LogP contribution in [-0.2, 0) is 4.74 Å². The third-order valence-electron chi connectivity index (χ3n) is 3.54. The molecule has 0 heterocycles. The van der Waals surface area contributed by atoms with E-state index in [4.69, 9.17) is 4.74 Å². The quantitative estimate of drug-likeness (QED) is 0.694. The Kier molecular flexibility index (Phi) is 4.61. The number of phenolic OH excluding ortho intramolecular Hbond substituents is 1. The van der Waals surface area contributed by atoms with Crippen molar-refractivity contribution in [3.05, 3.63) is 64.2 Å². The number of carbonyl (C=O) groups is 2. The summed E-state index contributed by atoms with van der Waals surface area (Å²) in [5, 5.41) is 9.67. The number of Topliss-reactive ketones (excluding diaryl/α,β-unsaturated/α-hetero) is 1. The zero-order chi connectivity index (χ0) is 16.3. The number of esters is 1. The lowest BCUT2D eigenvalue weighted by atomic mass is 10.0. The Morgan fingerprint density at radius 3 is 2.41 bits per heavy atom. The van der Waals surface area contributed by atoms with Crippen LogP contribution in [0.5, 0.6) is 5.75 Å². The third-order valence-corrected chi connectivity index (χ3v) is 3.54. The lowest BCUT2D eigenvalue weighted by molar-refractivity contribution is 0.0471. The van der Waals surface area contributed by atoms with Crippen molar-refractivity contribution < 1.29 is 19.4 Å². The molecule has 0 unspecified atom stereocenters. The summed E-state index contributed by atoms with van der Waals surface area (Å²) in [7, 11) is 0. The number of hydrogen-bond donors (Lipinski definition) is 1. The topological polar surface area (TPSA) is 63.6 Å². The number of ketones is 1. The predicted molar refractivity (Wildman–Crippen MR) is 83.4 cm³/mol. The zero-order valence-corrected chi connectivity index (χ0v) is 12.8. The molecule has 4 nitrogen and oxygen atoms in total. The molecule has 0 saturated carbocycles. The summed E-state index contributed by atoms with van der Waals surface area (Å²) in [6, 6.07) is 9.98. The minimum atomic E-state index is -0.710. The Labute approximate surface area is 129 Å². The third kappa shape index (κ3) is 3.52. The summed E-state index contributed by atoms with van der Waals surface area (Å²) in [5.74, 6) is -1.14. The van der Waals surface area contributed by atoms with Gasteiger partial charge in [-0.3, -0.25) is 4.79 Å². The average molecular weight is 298 g/mol. The molecular weight excluding hydrogens is 280 g/mol. The van der Waals surface area contributed by atoms with Gasteiger partial charge in [0.15, 0.2) is 12.4 Å². The summed E-state index contributed by atoms with van der Waals surface area (Å²) in [6.45, 7) is 5.33. The van der Waals surface area contributed by atoms with Crippen LogP contribution < -0.4 is 0 Å². The van der Waals surface area contributed by atoms with Crippen molar-refractivity contribution in [2.24, 2.45) is 0 Å². The molecule has 0 saturated heterocycles. The summed E-state index contributed by atoms with van der Waals surface area (Å²) >= 11 is 0. The van der Waals surface area contributed by atoms with Gasteiger partial charge >= 0.3 is 5.97 Å². The van der Waals surface area contributed by atoms with Crippen molar-refractivity contribution in [3.63, 3.8) is 0 Å². The van der Waals surface area contributed by atoms with E-state index in [-0.39, 0.29) is 23.7 Å². The molecule has 0 aromatic heterocycles. The van der Waals surface area contributed by atoms with Crippen LogP contribution in [0, 0.1) is 20.8 Å². The summed E-state index contributed by atoms with van der Waals surface area (Å²) in [5.41, 5.74) is 3.49. The first-order chi connectivity index (χ1) is 10.4. The van der Waals surface area contributed by atoms with E-state index in [0.717, 1.165) is 16.7 Å². The standard InChI is InChI=1S/C18H18O4/c1-11-4-7-16(19)15(8-11)18(21)22-10-17(20)14-6-5-12(2)13(3)9-14/h4-9,19H,10H2,1-3H3. The first-order valence-corrected chi connectivity index (χ1v) is 6.95. The van der Waals surface area contributed by atoms with Crippen molar-refractivity contribution in [1.82, 2.24) is 0 Å². The highest BCUT2D eigenvalue weighted by Crippen LogP contribution is 2.19. The highest BCUT2D eigenvalue weighted by atomic mass is 16.5. The van der Waals surface area contributed by atoms with E-state index >= 15 is 0 Å². The predicted octanol–water partition coefficient (Wildman–Crippen LogP) is 3.36. The van der Waals surface area contributed by atoms with Gasteiger partial charge in [-0.25, -0.2) is 4.79 Å². The molecule has 0 aliphatic rings. The van der Waals surface area contributed by atoms with Gasteiger partial charge in [-0.15, -0.1) is 0 Å². The number of hydrogen-bond acceptors (Lipinski definition) is 4. The SMILES string of the molecule is Cc1ccc(O)c(C(=O)OCC(=O)c2ccc(C)c(C)c2)c1. The van der Waals surface area contributed by atoms with Gasteiger partial charge in [0.25, 0.3) is 0 Å². The minimum absolute atomic E-state index is 0.0629. The monoisotopic (exact) mass is 298 g/mol. The maximum atomic E-state index is 12.1. The molecule has 4 heteroatoms. The van der Waals surface area contributed by atoms with E-state index in [2.05, 4.69) is 0 Å². The number of aryl methyl sites for hydroxylation is 3. The highest BCUT2D eigenvalue weighted by Gasteiger charge is 2.15. The van der Waals surface area contributed by atoms with Crippen LogP contribution in [0.25, 0.3) is 0 Å². The number of carbonyl (C=O) groups excluding carboxylic acids is 2. The van der Waals surface area contributed by atoms with E-state index in [1.54, 1.807) is 25.1 Å². The Bertz CT molecular complexity index is 732. The van der Waals surface area contributed by atoms with Crippen LogP contribution in [0.1, 0.15) is 37.4 Å². The number of aromatic hydroxyl groups is 1. The molecule has 0 atom stereocenters. The summed E-state index contributed by atoms with van der Waals surface area (Å²) in [6.07, 6.45) is 0. The lowest BCUT2D eigenvalue weighted by Crippen LogP contribution is -2.14. The fourth-order valence-electron chi connectivity index (χ4n) is 2.02. The van der Waals surface area contributed by atoms with Gasteiger partial charge in [0.2, 0.25) is 0 Å². The molecule has 2 aromatic carbocycles. The minimum Gasteiger partial charge on any atom is -0.507 e. The number of rotatable bonds is 4. The lowest BCUT2D eigenvalue weighted by Gasteiger charge is -2.08. The average Bonchev–Trinajstić information content (AvgIpc) is 2.49. The normalized spacial score (nSPS) is 10.3. The number of ether oxygens (including phenoxy) is 1. The van der Waals surface area contributed by atoms with Crippen LogP contribution in [0.3, 0.4) is 0 Å². The van der Waals surface area contributed by atoms with Crippen LogP contribution in [0.2, 0.25) is 0 Å². The molecule has 0 aliphatic heterocycles. The Balaban J connectivity index is 2.05. The van der Waals surface area contributed by atoms with Crippen LogP contribution in [-0.4, -0.2) is 23.5 Å². The van der Waals surface area contributed by atoms with E-state index in [0.29, 0.717) is 5.56 Å². The van der Waals surface area contributed by atoms with Gasteiger partial charge in [0, 0.05) is 5.56 Å². The molecule has 22 heavy (non-hydrogen) atoms. The van der Waals surface area contributed by atoms with Crippen LogP contribution >= 0.6 is 0 Å². The number of benzene rings is 2. The van der Waals surface area contributed by atoms with E-state index in [9.17, 15) is 14.7 Å². The molecule has 2 rings (SSSR count). The van der Waals surface area contributed by atoms with Gasteiger partial charge in [-0.05, 0) is 50.1 Å². The van der Waals surface area contributed by atoms with Crippen LogP contribution in [0.15, 0.2) is 36.4 Å². The van der Waals surface area contributed by atoms with Crippen molar-refractivity contribution in [3.8, 4) is 5.75 Å². The molecule has 1 N–H and O–H groups in total. The second-order valence-corrected chi connectivity index (χ2v) is 5.32. The second-order valence-electron chi connectivity index (χ2n) is 5.32. The van der Waals surface area contributed by atoms with Crippen molar-refractivity contribution in [2.75, 3.05) is 6.61 Å². The van der Waals surface area contributed by atoms with E-state index < -0.39 is 5.97 Å². The van der Waals surface area contributed by atoms with Crippen molar-refractivity contribution >= 4 is 11.8 Å². The van der Waals surface area contributed by atoms with Crippen molar-refractivity contribution in [2.45, 2.75) is 20.8 Å². The zero-order valence-electron chi connectivity index (χ0n) is 12.8. The maximum absolute atomic E-state index is 12.1. The number of phenols is 1. The van der Waals surface area contributed by atoms with Gasteiger partial charge in [0.1, 0.15) is 11.3 Å². The molecule has 0 aliphatic carbocycles. The maximum Gasteiger partial charge on any atom is 0.342 e. The first-order valence-electron chi connectivity index (χ1n) is 6.95. The Morgan fingerprint density at radius 2 is 1.73 bits per heavy atom. The second kappa shape index (κ2) is 6.43. The molecular formula is C18H18O4. The smallest absolute Gasteiger partial charge is 0.342 e. The fraction of sp³-hybridized carbons (Fsp3) is 0.222. The highest BCUT2D eigenvalue weighted by molar-refractivity contribution is 6.00. The van der Waals surface area contributed by atoms with Gasteiger partial charge < -0.3 is 9.84 Å². The molecule has 0 radical (unpaired) electrons. The van der Waals surface area contributed by atoms with E-state index in [1.165, 1.54) is 12.1 Å². The largest absolute Gasteiger partial charge is 0.507 e. The molecule has 0 amide bonds. The molecule has 0 bridgehead atoms.